The van der Waals surface area contributed by atoms with Gasteiger partial charge >= 0.3 is 5.97 Å². The van der Waals surface area contributed by atoms with E-state index in [2.05, 4.69) is 9.97 Å². The molecule has 0 aliphatic rings. The van der Waals surface area contributed by atoms with Crippen molar-refractivity contribution in [3.63, 3.8) is 0 Å². The third-order valence-corrected chi connectivity index (χ3v) is 2.26. The minimum Gasteiger partial charge on any atom is -0.461 e. The molecule has 84 valence electrons. The number of aryl methyl sites for hydroxylation is 1. The van der Waals surface area contributed by atoms with E-state index in [9.17, 15) is 4.79 Å². The molecule has 16 heavy (non-hydrogen) atoms. The van der Waals surface area contributed by atoms with Crippen LogP contribution in [0.25, 0.3) is 5.78 Å². The highest BCUT2D eigenvalue weighted by Crippen LogP contribution is 2.06. The molecule has 0 atom stereocenters. The summed E-state index contributed by atoms with van der Waals surface area (Å²) < 4.78 is 6.61. The summed E-state index contributed by atoms with van der Waals surface area (Å²) in [7, 11) is 0. The first-order valence-corrected chi connectivity index (χ1v) is 5.25. The van der Waals surface area contributed by atoms with Gasteiger partial charge in [-0.25, -0.2) is 14.8 Å². The summed E-state index contributed by atoms with van der Waals surface area (Å²) in [5.74, 6) is 0.103. The summed E-state index contributed by atoms with van der Waals surface area (Å²) in [6.07, 6.45) is 6.21. The number of carbonyl (C=O) groups excluding carboxylic acids is 1. The number of imidazole rings is 1. The molecular formula is C11H13N3O2. The van der Waals surface area contributed by atoms with E-state index in [1.807, 2.05) is 13.1 Å². The van der Waals surface area contributed by atoms with Gasteiger partial charge in [-0.05, 0) is 18.9 Å². The topological polar surface area (TPSA) is 56.5 Å². The van der Waals surface area contributed by atoms with Crippen LogP contribution in [-0.4, -0.2) is 26.9 Å². The summed E-state index contributed by atoms with van der Waals surface area (Å²) in [6.45, 7) is 4.16. The van der Waals surface area contributed by atoms with E-state index in [1.165, 1.54) is 0 Å². The number of rotatable bonds is 3. The number of fused-ring (bicyclic) bond motifs is 1. The van der Waals surface area contributed by atoms with Crippen molar-refractivity contribution >= 4 is 11.7 Å². The second-order valence-corrected chi connectivity index (χ2v) is 3.37. The van der Waals surface area contributed by atoms with Crippen molar-refractivity contribution in [1.82, 2.24) is 14.4 Å². The van der Waals surface area contributed by atoms with Crippen molar-refractivity contribution in [2.24, 2.45) is 0 Å². The molecule has 2 aromatic rings. The van der Waals surface area contributed by atoms with Crippen molar-refractivity contribution in [3.8, 4) is 0 Å². The second kappa shape index (κ2) is 4.30. The molecule has 0 unspecified atom stereocenters. The van der Waals surface area contributed by atoms with Crippen LogP contribution < -0.4 is 0 Å². The quantitative estimate of drug-likeness (QED) is 0.733. The summed E-state index contributed by atoms with van der Waals surface area (Å²) in [5, 5.41) is 0. The van der Waals surface area contributed by atoms with Gasteiger partial charge in [0.1, 0.15) is 0 Å². The van der Waals surface area contributed by atoms with E-state index in [0.29, 0.717) is 18.1 Å². The van der Waals surface area contributed by atoms with E-state index in [4.69, 9.17) is 4.74 Å². The van der Waals surface area contributed by atoms with Crippen molar-refractivity contribution in [2.45, 2.75) is 20.3 Å². The van der Waals surface area contributed by atoms with Gasteiger partial charge in [-0.1, -0.05) is 6.92 Å². The first-order chi connectivity index (χ1) is 7.74. The lowest BCUT2D eigenvalue weighted by Crippen LogP contribution is -2.04. The predicted molar refractivity (Wildman–Crippen MR) is 58.3 cm³/mol. The number of nitrogens with zero attached hydrogens (tertiary/aromatic N) is 3. The van der Waals surface area contributed by atoms with E-state index in [-0.39, 0.29) is 0 Å². The lowest BCUT2D eigenvalue weighted by atomic mass is 10.3. The summed E-state index contributed by atoms with van der Waals surface area (Å²) >= 11 is 0. The van der Waals surface area contributed by atoms with Crippen LogP contribution in [0.5, 0.6) is 0 Å². The molecule has 5 nitrogen and oxygen atoms in total. The van der Waals surface area contributed by atoms with Gasteiger partial charge in [0.25, 0.3) is 0 Å². The monoisotopic (exact) mass is 219 g/mol. The molecule has 0 bridgehead atoms. The molecule has 5 heteroatoms. The maximum atomic E-state index is 11.4. The molecule has 0 spiro atoms. The van der Waals surface area contributed by atoms with Gasteiger partial charge in [-0.15, -0.1) is 0 Å². The fourth-order valence-electron chi connectivity index (χ4n) is 1.41. The summed E-state index contributed by atoms with van der Waals surface area (Å²) in [4.78, 5) is 19.7. The molecule has 0 radical (unpaired) electrons. The Hall–Kier alpha value is -1.91. The number of ether oxygens (including phenoxy) is 1. The Labute approximate surface area is 93.1 Å². The Bertz CT molecular complexity index is 519. The molecule has 2 aromatic heterocycles. The van der Waals surface area contributed by atoms with Crippen LogP contribution in [0.2, 0.25) is 0 Å². The molecule has 0 amide bonds. The number of esters is 1. The fourth-order valence-corrected chi connectivity index (χ4v) is 1.41. The number of carbonyl (C=O) groups is 1. The SMILES string of the molecule is CCOC(=O)c1cn2cc(CC)cnc2n1. The van der Waals surface area contributed by atoms with Gasteiger partial charge in [0.15, 0.2) is 5.69 Å². The summed E-state index contributed by atoms with van der Waals surface area (Å²) in [5.41, 5.74) is 1.39. The summed E-state index contributed by atoms with van der Waals surface area (Å²) in [6, 6.07) is 0. The number of aromatic nitrogens is 3. The second-order valence-electron chi connectivity index (χ2n) is 3.37. The molecule has 0 aliphatic heterocycles. The van der Waals surface area contributed by atoms with Crippen LogP contribution >= 0.6 is 0 Å². The van der Waals surface area contributed by atoms with Crippen LogP contribution in [0, 0.1) is 0 Å². The Morgan fingerprint density at radius 3 is 2.94 bits per heavy atom. The third kappa shape index (κ3) is 1.88. The first-order valence-electron chi connectivity index (χ1n) is 5.25. The van der Waals surface area contributed by atoms with Crippen LogP contribution in [-0.2, 0) is 11.2 Å². The number of hydrogen-bond acceptors (Lipinski definition) is 4. The van der Waals surface area contributed by atoms with Crippen molar-refractivity contribution in [1.29, 1.82) is 0 Å². The Morgan fingerprint density at radius 1 is 1.44 bits per heavy atom. The first kappa shape index (κ1) is 10.6. The van der Waals surface area contributed by atoms with Crippen LogP contribution in [0.15, 0.2) is 18.6 Å². The average Bonchev–Trinajstić information content (AvgIpc) is 2.71. The van der Waals surface area contributed by atoms with Gasteiger partial charge in [-0.2, -0.15) is 0 Å². The molecular weight excluding hydrogens is 206 g/mol. The Balaban J connectivity index is 2.39. The zero-order valence-electron chi connectivity index (χ0n) is 9.30. The minimum atomic E-state index is -0.411. The van der Waals surface area contributed by atoms with E-state index in [1.54, 1.807) is 23.7 Å². The standard InChI is InChI=1S/C11H13N3O2/c1-3-8-5-12-11-13-9(7-14(11)6-8)10(15)16-4-2/h5-7H,3-4H2,1-2H3. The van der Waals surface area contributed by atoms with Crippen molar-refractivity contribution in [3.05, 3.63) is 29.8 Å². The average molecular weight is 219 g/mol. The van der Waals surface area contributed by atoms with Crippen molar-refractivity contribution < 1.29 is 9.53 Å². The molecule has 0 aliphatic carbocycles. The van der Waals surface area contributed by atoms with Crippen LogP contribution in [0.4, 0.5) is 0 Å². The highest BCUT2D eigenvalue weighted by Gasteiger charge is 2.11. The lowest BCUT2D eigenvalue weighted by Gasteiger charge is -1.95. The predicted octanol–water partition coefficient (Wildman–Crippen LogP) is 1.47. The molecule has 0 aromatic carbocycles. The van der Waals surface area contributed by atoms with Gasteiger partial charge in [0, 0.05) is 18.6 Å². The van der Waals surface area contributed by atoms with Gasteiger partial charge < -0.3 is 4.74 Å². The highest BCUT2D eigenvalue weighted by atomic mass is 16.5. The molecule has 0 N–H and O–H groups in total. The minimum absolute atomic E-state index is 0.294. The van der Waals surface area contributed by atoms with E-state index < -0.39 is 5.97 Å². The largest absolute Gasteiger partial charge is 0.461 e. The molecule has 0 fully saturated rings. The molecule has 2 rings (SSSR count). The van der Waals surface area contributed by atoms with Crippen LogP contribution in [0.3, 0.4) is 0 Å². The normalized spacial score (nSPS) is 10.6. The maximum Gasteiger partial charge on any atom is 0.358 e. The van der Waals surface area contributed by atoms with Crippen molar-refractivity contribution in [2.75, 3.05) is 6.61 Å². The Kier molecular flexibility index (Phi) is 2.85. The van der Waals surface area contributed by atoms with E-state index in [0.717, 1.165) is 12.0 Å². The van der Waals surface area contributed by atoms with Gasteiger partial charge in [0.2, 0.25) is 5.78 Å². The fraction of sp³-hybridized carbons (Fsp3) is 0.364. The zero-order chi connectivity index (χ0) is 11.5. The van der Waals surface area contributed by atoms with E-state index >= 15 is 0 Å². The molecule has 0 saturated carbocycles. The molecule has 0 saturated heterocycles. The zero-order valence-corrected chi connectivity index (χ0v) is 9.30. The van der Waals surface area contributed by atoms with Crippen LogP contribution in [0.1, 0.15) is 29.9 Å². The molecule has 2 heterocycles. The Morgan fingerprint density at radius 2 is 2.25 bits per heavy atom. The number of hydrogen-bond donors (Lipinski definition) is 0. The van der Waals surface area contributed by atoms with Gasteiger partial charge in [0.05, 0.1) is 6.61 Å². The smallest absolute Gasteiger partial charge is 0.358 e. The lowest BCUT2D eigenvalue weighted by molar-refractivity contribution is 0.0520. The van der Waals surface area contributed by atoms with Gasteiger partial charge in [-0.3, -0.25) is 4.40 Å². The third-order valence-electron chi connectivity index (χ3n) is 2.26. The highest BCUT2D eigenvalue weighted by molar-refractivity contribution is 5.87. The maximum absolute atomic E-state index is 11.4.